The number of nitrogens with zero attached hydrogens (tertiary/aromatic N) is 2. The first-order valence-electron chi connectivity index (χ1n) is 5.45. The molecule has 1 heterocycles. The van der Waals surface area contributed by atoms with E-state index in [0.717, 1.165) is 13.0 Å². The highest BCUT2D eigenvalue weighted by Crippen LogP contribution is 2.20. The molecule has 3 nitrogen and oxygen atoms in total. The van der Waals surface area contributed by atoms with Gasteiger partial charge in [0.25, 0.3) is 0 Å². The standard InChI is InChI=1S/C12H20N2O/c1-10(2)14(7-4-8-15)12-5-6-13-9-11(12)3/h5-6,9-10,15H,4,7-8H2,1-3H3. The molecule has 84 valence electrons. The third-order valence-corrected chi connectivity index (χ3v) is 2.48. The van der Waals surface area contributed by atoms with Crippen LogP contribution in [-0.2, 0) is 0 Å². The number of hydrogen-bond donors (Lipinski definition) is 1. The van der Waals surface area contributed by atoms with Gasteiger partial charge < -0.3 is 10.0 Å². The van der Waals surface area contributed by atoms with Gasteiger partial charge in [-0.2, -0.15) is 0 Å². The third-order valence-electron chi connectivity index (χ3n) is 2.48. The number of aromatic nitrogens is 1. The summed E-state index contributed by atoms with van der Waals surface area (Å²) >= 11 is 0. The molecule has 0 unspecified atom stereocenters. The van der Waals surface area contributed by atoms with E-state index >= 15 is 0 Å². The van der Waals surface area contributed by atoms with E-state index in [9.17, 15) is 0 Å². The molecule has 0 spiro atoms. The van der Waals surface area contributed by atoms with Gasteiger partial charge in [0.2, 0.25) is 0 Å². The van der Waals surface area contributed by atoms with Crippen LogP contribution in [0.25, 0.3) is 0 Å². The minimum atomic E-state index is 0.243. The molecule has 1 rings (SSSR count). The molecule has 0 fully saturated rings. The van der Waals surface area contributed by atoms with Crippen molar-refractivity contribution in [3.63, 3.8) is 0 Å². The zero-order chi connectivity index (χ0) is 11.3. The van der Waals surface area contributed by atoms with Gasteiger partial charge in [-0.05, 0) is 38.8 Å². The Bertz CT molecular complexity index is 299. The topological polar surface area (TPSA) is 36.4 Å². The van der Waals surface area contributed by atoms with Gasteiger partial charge in [-0.3, -0.25) is 4.98 Å². The van der Waals surface area contributed by atoms with Crippen LogP contribution in [0, 0.1) is 6.92 Å². The minimum Gasteiger partial charge on any atom is -0.396 e. The second-order valence-electron chi connectivity index (χ2n) is 4.03. The highest BCUT2D eigenvalue weighted by atomic mass is 16.3. The maximum absolute atomic E-state index is 8.87. The lowest BCUT2D eigenvalue weighted by molar-refractivity contribution is 0.288. The molecule has 1 N–H and O–H groups in total. The molecular formula is C12H20N2O. The normalized spacial score (nSPS) is 10.7. The average Bonchev–Trinajstić information content (AvgIpc) is 2.20. The highest BCUT2D eigenvalue weighted by Gasteiger charge is 2.11. The molecule has 1 aromatic rings. The Morgan fingerprint density at radius 1 is 1.47 bits per heavy atom. The molecular weight excluding hydrogens is 188 g/mol. The number of rotatable bonds is 5. The van der Waals surface area contributed by atoms with Gasteiger partial charge in [-0.25, -0.2) is 0 Å². The number of pyridine rings is 1. The van der Waals surface area contributed by atoms with Crippen LogP contribution in [0.4, 0.5) is 5.69 Å². The summed E-state index contributed by atoms with van der Waals surface area (Å²) in [6.07, 6.45) is 4.50. The summed E-state index contributed by atoms with van der Waals surface area (Å²) in [4.78, 5) is 6.39. The molecule has 0 aliphatic heterocycles. The van der Waals surface area contributed by atoms with Crippen molar-refractivity contribution in [1.82, 2.24) is 4.98 Å². The van der Waals surface area contributed by atoms with Gasteiger partial charge in [0.15, 0.2) is 0 Å². The first-order chi connectivity index (χ1) is 7.16. The second kappa shape index (κ2) is 5.71. The fraction of sp³-hybridized carbons (Fsp3) is 0.583. The van der Waals surface area contributed by atoms with Crippen molar-refractivity contribution < 1.29 is 5.11 Å². The summed E-state index contributed by atoms with van der Waals surface area (Å²) in [5, 5.41) is 8.87. The first kappa shape index (κ1) is 12.0. The summed E-state index contributed by atoms with van der Waals surface area (Å²) in [7, 11) is 0. The van der Waals surface area contributed by atoms with Crippen molar-refractivity contribution in [3.8, 4) is 0 Å². The predicted molar refractivity (Wildman–Crippen MR) is 63.2 cm³/mol. The summed E-state index contributed by atoms with van der Waals surface area (Å²) < 4.78 is 0. The zero-order valence-corrected chi connectivity index (χ0v) is 9.77. The smallest absolute Gasteiger partial charge is 0.0447 e. The van der Waals surface area contributed by atoms with Crippen molar-refractivity contribution >= 4 is 5.69 Å². The maximum Gasteiger partial charge on any atom is 0.0447 e. The summed E-state index contributed by atoms with van der Waals surface area (Å²) in [5.74, 6) is 0. The van der Waals surface area contributed by atoms with E-state index < -0.39 is 0 Å². The quantitative estimate of drug-likeness (QED) is 0.804. The Morgan fingerprint density at radius 2 is 2.20 bits per heavy atom. The van der Waals surface area contributed by atoms with Crippen LogP contribution in [0.1, 0.15) is 25.8 Å². The fourth-order valence-electron chi connectivity index (χ4n) is 1.69. The number of aliphatic hydroxyl groups is 1. The molecule has 0 aromatic carbocycles. The van der Waals surface area contributed by atoms with E-state index in [1.54, 1.807) is 0 Å². The van der Waals surface area contributed by atoms with Crippen molar-refractivity contribution in [1.29, 1.82) is 0 Å². The fourth-order valence-corrected chi connectivity index (χ4v) is 1.69. The van der Waals surface area contributed by atoms with E-state index in [1.807, 2.05) is 18.5 Å². The Morgan fingerprint density at radius 3 is 2.73 bits per heavy atom. The van der Waals surface area contributed by atoms with Gasteiger partial charge in [0, 0.05) is 37.3 Å². The Labute approximate surface area is 91.8 Å². The van der Waals surface area contributed by atoms with Crippen LogP contribution >= 0.6 is 0 Å². The number of aryl methyl sites for hydroxylation is 1. The van der Waals surface area contributed by atoms with Gasteiger partial charge in [0.1, 0.15) is 0 Å². The zero-order valence-electron chi connectivity index (χ0n) is 9.77. The SMILES string of the molecule is Cc1cnccc1N(CCCO)C(C)C. The van der Waals surface area contributed by atoms with Crippen molar-refractivity contribution in [2.45, 2.75) is 33.2 Å². The van der Waals surface area contributed by atoms with E-state index in [-0.39, 0.29) is 6.61 Å². The second-order valence-corrected chi connectivity index (χ2v) is 4.03. The molecule has 0 bridgehead atoms. The Kier molecular flexibility index (Phi) is 4.56. The van der Waals surface area contributed by atoms with E-state index in [4.69, 9.17) is 5.11 Å². The lowest BCUT2D eigenvalue weighted by Gasteiger charge is -2.30. The van der Waals surface area contributed by atoms with E-state index in [2.05, 4.69) is 30.7 Å². The first-order valence-corrected chi connectivity index (χ1v) is 5.45. The molecule has 0 aliphatic rings. The predicted octanol–water partition coefficient (Wildman–Crippen LogP) is 1.99. The number of hydrogen-bond acceptors (Lipinski definition) is 3. The van der Waals surface area contributed by atoms with Crippen LogP contribution in [-0.4, -0.2) is 29.3 Å². The molecule has 3 heteroatoms. The largest absolute Gasteiger partial charge is 0.396 e. The molecule has 0 amide bonds. The van der Waals surface area contributed by atoms with Crippen LogP contribution in [0.2, 0.25) is 0 Å². The highest BCUT2D eigenvalue weighted by molar-refractivity contribution is 5.52. The Hall–Kier alpha value is -1.09. The summed E-state index contributed by atoms with van der Waals surface area (Å²) in [6, 6.07) is 2.48. The van der Waals surface area contributed by atoms with Crippen LogP contribution in [0.3, 0.4) is 0 Å². The van der Waals surface area contributed by atoms with Gasteiger partial charge in [0.05, 0.1) is 0 Å². The van der Waals surface area contributed by atoms with Crippen LogP contribution in [0.15, 0.2) is 18.5 Å². The Balaban J connectivity index is 2.84. The maximum atomic E-state index is 8.87. The summed E-state index contributed by atoms with van der Waals surface area (Å²) in [6.45, 7) is 7.53. The molecule has 0 aliphatic carbocycles. The molecule has 0 radical (unpaired) electrons. The van der Waals surface area contributed by atoms with Crippen molar-refractivity contribution in [3.05, 3.63) is 24.0 Å². The average molecular weight is 208 g/mol. The van der Waals surface area contributed by atoms with E-state index in [0.29, 0.717) is 6.04 Å². The number of aliphatic hydroxyl groups excluding tert-OH is 1. The minimum absolute atomic E-state index is 0.243. The van der Waals surface area contributed by atoms with Gasteiger partial charge >= 0.3 is 0 Å². The summed E-state index contributed by atoms with van der Waals surface area (Å²) in [5.41, 5.74) is 2.40. The van der Waals surface area contributed by atoms with Crippen LogP contribution < -0.4 is 4.90 Å². The molecule has 0 saturated heterocycles. The van der Waals surface area contributed by atoms with E-state index in [1.165, 1.54) is 11.3 Å². The lowest BCUT2D eigenvalue weighted by Crippen LogP contribution is -2.32. The van der Waals surface area contributed by atoms with Crippen LogP contribution in [0.5, 0.6) is 0 Å². The lowest BCUT2D eigenvalue weighted by atomic mass is 10.2. The monoisotopic (exact) mass is 208 g/mol. The van der Waals surface area contributed by atoms with Gasteiger partial charge in [-0.1, -0.05) is 0 Å². The number of anilines is 1. The van der Waals surface area contributed by atoms with Gasteiger partial charge in [-0.15, -0.1) is 0 Å². The third kappa shape index (κ3) is 3.20. The van der Waals surface area contributed by atoms with Crippen molar-refractivity contribution in [2.75, 3.05) is 18.1 Å². The molecule has 1 aromatic heterocycles. The molecule has 15 heavy (non-hydrogen) atoms. The molecule has 0 saturated carbocycles. The molecule has 0 atom stereocenters. The van der Waals surface area contributed by atoms with Crippen molar-refractivity contribution in [2.24, 2.45) is 0 Å².